The minimum Gasteiger partial charge on any atom is -0.510 e. The number of ether oxygens (including phenoxy) is 3. The van der Waals surface area contributed by atoms with Gasteiger partial charge in [-0.2, -0.15) is 5.26 Å². The van der Waals surface area contributed by atoms with Crippen LogP contribution in [-0.4, -0.2) is 30.8 Å². The first-order chi connectivity index (χ1) is 23.7. The van der Waals surface area contributed by atoms with Crippen molar-refractivity contribution in [3.05, 3.63) is 60.1 Å². The van der Waals surface area contributed by atoms with Gasteiger partial charge in [0.1, 0.15) is 12.2 Å². The Morgan fingerprint density at radius 2 is 1.69 bits per heavy atom. The maximum Gasteiger partial charge on any atom is 0.220 e. The zero-order valence-electron chi connectivity index (χ0n) is 30.4. The molecule has 8 heteroatoms. The number of carbonyl (C=O) groups excluding carboxylic acids is 1. The van der Waals surface area contributed by atoms with E-state index >= 15 is 0 Å². The molecule has 3 unspecified atom stereocenters. The van der Waals surface area contributed by atoms with Crippen LogP contribution in [0.5, 0.6) is 0 Å². The Kier molecular flexibility index (Phi) is 14.5. The fourth-order valence-electron chi connectivity index (χ4n) is 10.8. The van der Waals surface area contributed by atoms with Crippen LogP contribution in [-0.2, 0) is 19.0 Å². The number of hydrogen-bond acceptors (Lipinski definition) is 5. The monoisotopic (exact) mass is 672 g/mol. The first-order valence-electron chi connectivity index (χ1n) is 19.0. The van der Waals surface area contributed by atoms with Crippen molar-refractivity contribution in [2.45, 2.75) is 142 Å². The lowest BCUT2D eigenvalue weighted by atomic mass is 9.43. The van der Waals surface area contributed by atoms with E-state index in [0.29, 0.717) is 41.9 Å². The van der Waals surface area contributed by atoms with Crippen molar-refractivity contribution in [2.75, 3.05) is 6.54 Å². The summed E-state index contributed by atoms with van der Waals surface area (Å²) in [5, 5.41) is 12.4. The second-order valence-corrected chi connectivity index (χ2v) is 15.7. The summed E-state index contributed by atoms with van der Waals surface area (Å²) in [6, 6.07) is 2.10. The largest absolute Gasteiger partial charge is 0.510 e. The fraction of sp³-hybridized carbons (Fsp3) is 0.756. The van der Waals surface area contributed by atoms with Crippen molar-refractivity contribution in [1.29, 1.82) is 5.26 Å². The Hall–Kier alpha value is -3.44. The Morgan fingerprint density at radius 1 is 0.959 bits per heavy atom. The minimum atomic E-state index is -0.142. The minimum absolute atomic E-state index is 0.0175. The zero-order valence-corrected chi connectivity index (χ0v) is 30.4. The summed E-state index contributed by atoms with van der Waals surface area (Å²) < 4.78 is 19.1. The molecule has 0 radical (unpaired) electrons. The second-order valence-electron chi connectivity index (χ2n) is 15.7. The van der Waals surface area contributed by atoms with E-state index in [4.69, 9.17) is 27.4 Å². The molecule has 0 aromatic rings. The van der Waals surface area contributed by atoms with Crippen molar-refractivity contribution >= 4 is 5.91 Å². The average Bonchev–Trinajstić information content (AvgIpc) is 3.45. The van der Waals surface area contributed by atoms with E-state index in [0.717, 1.165) is 64.3 Å². The van der Waals surface area contributed by atoms with Gasteiger partial charge in [0, 0.05) is 24.3 Å². The highest BCUT2D eigenvalue weighted by molar-refractivity contribution is 5.75. The number of nitrogens with zero attached hydrogens (tertiary/aromatic N) is 3. The Morgan fingerprint density at radius 3 is 2.43 bits per heavy atom. The van der Waals surface area contributed by atoms with Crippen LogP contribution < -0.4 is 5.32 Å². The van der Waals surface area contributed by atoms with Gasteiger partial charge in [0.2, 0.25) is 5.91 Å². The lowest BCUT2D eigenvalue weighted by Crippen LogP contribution is -2.63. The van der Waals surface area contributed by atoms with Crippen molar-refractivity contribution in [3.63, 3.8) is 0 Å². The number of amides is 1. The molecule has 11 atom stereocenters. The molecule has 0 heterocycles. The summed E-state index contributed by atoms with van der Waals surface area (Å²) in [6.07, 6.45) is 24.5. The van der Waals surface area contributed by atoms with Gasteiger partial charge in [-0.1, -0.05) is 59.8 Å². The third-order valence-corrected chi connectivity index (χ3v) is 13.3. The van der Waals surface area contributed by atoms with Gasteiger partial charge in [-0.05, 0) is 92.8 Å². The molecule has 49 heavy (non-hydrogen) atoms. The molecule has 4 rings (SSSR count). The molecule has 1 amide bonds. The first-order valence-corrected chi connectivity index (χ1v) is 19.0. The molecule has 4 fully saturated rings. The zero-order chi connectivity index (χ0) is 35.3. The van der Waals surface area contributed by atoms with Gasteiger partial charge in [-0.15, -0.1) is 0 Å². The highest BCUT2D eigenvalue weighted by atomic mass is 16.5. The summed E-state index contributed by atoms with van der Waals surface area (Å²) in [7, 11) is 0. The molecular weight excluding hydrogens is 612 g/mol. The van der Waals surface area contributed by atoms with E-state index in [-0.39, 0.29) is 35.0 Å². The number of nitrogens with one attached hydrogen (secondary N) is 1. The van der Waals surface area contributed by atoms with Crippen LogP contribution in [0.25, 0.3) is 9.69 Å². The maximum atomic E-state index is 12.9. The van der Waals surface area contributed by atoms with Crippen LogP contribution in [0.15, 0.2) is 37.3 Å². The Balaban J connectivity index is 1.52. The molecule has 1 N–H and O–H groups in total. The first kappa shape index (κ1) is 38.4. The number of nitriles is 1. The molecule has 4 aliphatic carbocycles. The van der Waals surface area contributed by atoms with Crippen LogP contribution in [0.4, 0.5) is 0 Å². The molecule has 0 aromatic carbocycles. The summed E-state index contributed by atoms with van der Waals surface area (Å²) in [5.74, 6) is 2.31. The van der Waals surface area contributed by atoms with Crippen molar-refractivity contribution in [3.8, 4) is 6.07 Å². The van der Waals surface area contributed by atoms with Gasteiger partial charge in [-0.3, -0.25) is 4.79 Å². The summed E-state index contributed by atoms with van der Waals surface area (Å²) in [5.41, 5.74) is -0.0619. The predicted molar refractivity (Wildman–Crippen MR) is 192 cm³/mol. The lowest BCUT2D eigenvalue weighted by molar-refractivity contribution is -0.209. The van der Waals surface area contributed by atoms with Crippen molar-refractivity contribution in [2.24, 2.45) is 46.3 Å². The lowest BCUT2D eigenvalue weighted by Gasteiger charge is -2.64. The van der Waals surface area contributed by atoms with Gasteiger partial charge in [0.25, 0.3) is 0 Å². The van der Waals surface area contributed by atoms with Crippen LogP contribution in [0, 0.1) is 70.8 Å². The molecule has 0 saturated heterocycles. The van der Waals surface area contributed by atoms with E-state index in [1.165, 1.54) is 56.8 Å². The van der Waals surface area contributed by atoms with E-state index in [1.54, 1.807) is 12.5 Å². The molecule has 268 valence electrons. The van der Waals surface area contributed by atoms with Crippen LogP contribution in [0.2, 0.25) is 0 Å². The predicted octanol–water partition coefficient (Wildman–Crippen LogP) is 9.73. The molecular formula is C41H60N4O4. The highest BCUT2D eigenvalue weighted by Gasteiger charge is 2.67. The van der Waals surface area contributed by atoms with Crippen LogP contribution in [0.3, 0.4) is 0 Å². The molecule has 0 spiro atoms. The smallest absolute Gasteiger partial charge is 0.220 e. The summed E-state index contributed by atoms with van der Waals surface area (Å²) in [6.45, 7) is 24.6. The molecule has 4 saturated carbocycles. The van der Waals surface area contributed by atoms with Crippen LogP contribution >= 0.6 is 0 Å². The fourth-order valence-corrected chi connectivity index (χ4v) is 10.8. The number of allylic oxidation sites excluding steroid dienone is 1. The maximum absolute atomic E-state index is 12.9. The van der Waals surface area contributed by atoms with Crippen molar-refractivity contribution < 1.29 is 19.0 Å². The number of hydrogen-bond donors (Lipinski definition) is 1. The second kappa shape index (κ2) is 18.5. The Bertz CT molecular complexity index is 1290. The van der Waals surface area contributed by atoms with Crippen LogP contribution in [0.1, 0.15) is 124 Å². The quantitative estimate of drug-likeness (QED) is 0.0719. The normalized spacial score (nSPS) is 35.8. The van der Waals surface area contributed by atoms with E-state index in [2.05, 4.69) is 48.8 Å². The van der Waals surface area contributed by atoms with Gasteiger partial charge >= 0.3 is 0 Å². The Labute approximate surface area is 296 Å². The van der Waals surface area contributed by atoms with Gasteiger partial charge < -0.3 is 19.5 Å². The molecule has 4 aliphatic rings. The number of carbonyl (C=O) groups is 1. The van der Waals surface area contributed by atoms with E-state index in [9.17, 15) is 10.1 Å². The number of fused-ring (bicyclic) bond motifs is 5. The molecule has 0 aromatic heterocycles. The standard InChI is InChI=1S/C41H60N4O4/c1-7-8-9-10-11-12-21-45-38(46)17-14-30(2)33-15-16-34-39-35(29-37(41(33,34)4)49-26-23-44-6)40(3)19-18-32(47-25-22-43-5)27-31(40)28-36(39)48-24-13-20-42/h13,22-26,30-37,39H,7-12,14-19,21,27-29H2,1-4H3,(H,45,46)/t30-,31?,32-,33-,34+,35+,36?,37+,39?,40+,41-/m1/s1. The third kappa shape index (κ3) is 9.03. The van der Waals surface area contributed by atoms with Crippen molar-refractivity contribution in [1.82, 2.24) is 5.32 Å². The van der Waals surface area contributed by atoms with Gasteiger partial charge in [0.15, 0.2) is 12.4 Å². The van der Waals surface area contributed by atoms with Gasteiger partial charge in [0.05, 0.1) is 50.2 Å². The summed E-state index contributed by atoms with van der Waals surface area (Å²) in [4.78, 5) is 19.6. The molecule has 8 nitrogen and oxygen atoms in total. The van der Waals surface area contributed by atoms with E-state index in [1.807, 2.05) is 0 Å². The molecule has 0 aliphatic heterocycles. The average molecular weight is 673 g/mol. The third-order valence-electron chi connectivity index (χ3n) is 13.3. The highest BCUT2D eigenvalue weighted by Crippen LogP contribution is 2.69. The van der Waals surface area contributed by atoms with Gasteiger partial charge in [-0.25, -0.2) is 9.69 Å². The number of rotatable bonds is 17. The number of unbranched alkanes of at least 4 members (excludes halogenated alkanes) is 5. The SMILES string of the molecule is [C-]#[N+]C=CO[C@@H]1CC[C@@]2(C)C(CC(OC=CC#N)C3[C@@H]4CC[C@H]([C@H](C)CCC(=O)NCCCCCCCC)[C@@]4(C)[C@@H](OC=C[N+]#[C-])C[C@@H]32)C1. The topological polar surface area (TPSA) is 89.3 Å². The molecule has 0 bridgehead atoms. The van der Waals surface area contributed by atoms with E-state index < -0.39 is 0 Å². The summed E-state index contributed by atoms with van der Waals surface area (Å²) >= 11 is 0.